The Kier molecular flexibility index (Phi) is 6.10. The smallest absolute Gasteiger partial charge is 0.358 e. The van der Waals surface area contributed by atoms with Crippen molar-refractivity contribution >= 4 is 22.1 Å². The Balaban J connectivity index is 0.00000220. The molecule has 0 aliphatic rings. The van der Waals surface area contributed by atoms with Gasteiger partial charge in [-0.1, -0.05) is 15.5 Å². The predicted octanol–water partition coefficient (Wildman–Crippen LogP) is 2.33. The van der Waals surface area contributed by atoms with Gasteiger partial charge in [-0.15, -0.1) is 0 Å². The normalized spacial score (nSPS) is 10.3. The fraction of sp³-hybridized carbons (Fsp3) is 0. The van der Waals surface area contributed by atoms with Gasteiger partial charge in [0, 0.05) is 11.8 Å². The van der Waals surface area contributed by atoms with Crippen LogP contribution in [0.4, 0.5) is 9.57 Å². The maximum Gasteiger partial charge on any atom is 1.00 e. The van der Waals surface area contributed by atoms with Gasteiger partial charge in [-0.3, -0.25) is 4.79 Å². The first kappa shape index (κ1) is 17.4. The number of carbonyl (C=O) groups is 1. The molecule has 1 amide bonds. The zero-order valence-electron chi connectivity index (χ0n) is 10.3. The second-order valence-corrected chi connectivity index (χ2v) is 4.70. The fourth-order valence-electron chi connectivity index (χ4n) is 1.48. The van der Waals surface area contributed by atoms with Crippen LogP contribution in [0.2, 0.25) is 0 Å². The topological polar surface area (TPSA) is 72.5 Å². The summed E-state index contributed by atoms with van der Waals surface area (Å²) in [5.74, 6) is -0.632. The monoisotopic (exact) mass is 491 g/mol. The number of nitrogens with one attached hydrogen (secondary N) is 1. The maximum absolute atomic E-state index is 12.4. The van der Waals surface area contributed by atoms with Crippen molar-refractivity contribution < 1.29 is 43.7 Å². The van der Waals surface area contributed by atoms with E-state index in [-0.39, 0.29) is 33.8 Å². The Morgan fingerprint density at radius 3 is 2.62 bits per heavy atom. The molecule has 0 fully saturated rings. The van der Waals surface area contributed by atoms with E-state index in [1.165, 1.54) is 30.3 Å². The first-order valence-corrected chi connectivity index (χ1v) is 6.76. The van der Waals surface area contributed by atoms with E-state index in [0.717, 1.165) is 0 Å². The molecule has 0 saturated carbocycles. The summed E-state index contributed by atoms with van der Waals surface area (Å²) in [7, 11) is -5.09. The van der Waals surface area contributed by atoms with Crippen LogP contribution in [0.25, 0.3) is 0 Å². The molecule has 0 saturated heterocycles. The molecule has 0 aliphatic carbocycles. The van der Waals surface area contributed by atoms with Crippen molar-refractivity contribution in [3.8, 4) is 5.75 Å². The van der Waals surface area contributed by atoms with Crippen molar-refractivity contribution in [1.82, 2.24) is 0 Å². The number of carbonyl (C=O) groups excluding carboxylic acids is 1. The van der Waals surface area contributed by atoms with Crippen LogP contribution in [0, 0.1) is 6.07 Å². The van der Waals surface area contributed by atoms with Gasteiger partial charge in [0.2, 0.25) is 0 Å². The van der Waals surface area contributed by atoms with Crippen molar-refractivity contribution in [2.24, 2.45) is 0 Å². The van der Waals surface area contributed by atoms with Crippen LogP contribution in [-0.4, -0.2) is 14.3 Å². The first-order valence-electron chi connectivity index (χ1n) is 5.46. The van der Waals surface area contributed by atoms with Crippen LogP contribution in [0.3, 0.4) is 0 Å². The van der Waals surface area contributed by atoms with Gasteiger partial charge in [0.15, 0.2) is 5.91 Å². The molecule has 21 heavy (non-hydrogen) atoms. The Morgan fingerprint density at radius 1 is 1.24 bits per heavy atom. The SMILES string of the molecule is O=C(Nc1cccc(OS(=O)(=O)F)c1)c1c[c-]ccc1.[Au+]. The third kappa shape index (κ3) is 5.68. The quantitative estimate of drug-likeness (QED) is 0.405. The number of amides is 1. The van der Waals surface area contributed by atoms with Crippen LogP contribution < -0.4 is 9.50 Å². The van der Waals surface area contributed by atoms with Gasteiger partial charge in [-0.25, -0.2) is 0 Å². The average molecular weight is 491 g/mol. The van der Waals surface area contributed by atoms with E-state index in [1.54, 1.807) is 18.2 Å². The van der Waals surface area contributed by atoms with Gasteiger partial charge in [0.25, 0.3) is 0 Å². The fourth-order valence-corrected chi connectivity index (χ4v) is 1.81. The molecule has 0 radical (unpaired) electrons. The number of anilines is 1. The van der Waals surface area contributed by atoms with Crippen molar-refractivity contribution in [2.75, 3.05) is 5.32 Å². The average Bonchev–Trinajstić information content (AvgIpc) is 2.38. The van der Waals surface area contributed by atoms with Crippen molar-refractivity contribution in [3.05, 3.63) is 60.2 Å². The van der Waals surface area contributed by atoms with E-state index in [9.17, 15) is 17.1 Å². The first-order chi connectivity index (χ1) is 9.44. The zero-order chi connectivity index (χ0) is 14.6. The summed E-state index contributed by atoms with van der Waals surface area (Å²) < 4.78 is 37.2. The second-order valence-electron chi connectivity index (χ2n) is 3.75. The molecule has 2 aromatic rings. The number of rotatable bonds is 4. The van der Waals surface area contributed by atoms with E-state index in [0.29, 0.717) is 5.56 Å². The largest absolute Gasteiger partial charge is 1.00 e. The molecule has 0 spiro atoms. The maximum atomic E-state index is 12.4. The van der Waals surface area contributed by atoms with Gasteiger partial charge in [0.1, 0.15) is 5.75 Å². The summed E-state index contributed by atoms with van der Waals surface area (Å²) in [6.07, 6.45) is 0. The minimum atomic E-state index is -5.09. The van der Waals surface area contributed by atoms with Crippen LogP contribution in [-0.2, 0) is 32.9 Å². The minimum absolute atomic E-state index is 0. The zero-order valence-corrected chi connectivity index (χ0v) is 13.3. The number of hydrogen-bond acceptors (Lipinski definition) is 4. The van der Waals surface area contributed by atoms with E-state index in [4.69, 9.17) is 0 Å². The molecule has 0 heterocycles. The summed E-state index contributed by atoms with van der Waals surface area (Å²) in [4.78, 5) is 11.8. The predicted molar refractivity (Wildman–Crippen MR) is 70.3 cm³/mol. The van der Waals surface area contributed by atoms with E-state index < -0.39 is 16.4 Å². The van der Waals surface area contributed by atoms with E-state index in [2.05, 4.69) is 15.6 Å². The molecule has 5 nitrogen and oxygen atoms in total. The Bertz CT molecular complexity index is 722. The van der Waals surface area contributed by atoms with Gasteiger partial charge in [-0.2, -0.15) is 38.7 Å². The summed E-state index contributed by atoms with van der Waals surface area (Å²) in [5.41, 5.74) is 0.664. The summed E-state index contributed by atoms with van der Waals surface area (Å²) in [5, 5.41) is 2.53. The Hall–Kier alpha value is -1.67. The standard InChI is InChI=1S/C13H9FNO4S.Au/c14-20(17,18)19-12-8-4-7-11(9-12)15-13(16)10-5-2-1-3-6-10;/h1-2,4-9H,(H,15,16);/q-1;+1. The number of benzene rings is 2. The van der Waals surface area contributed by atoms with Crippen molar-refractivity contribution in [3.63, 3.8) is 0 Å². The summed E-state index contributed by atoms with van der Waals surface area (Å²) >= 11 is 0. The van der Waals surface area contributed by atoms with Gasteiger partial charge >= 0.3 is 32.9 Å². The van der Waals surface area contributed by atoms with Crippen LogP contribution in [0.15, 0.2) is 48.5 Å². The Labute approximate surface area is 137 Å². The molecule has 0 aliphatic heterocycles. The molecule has 2 rings (SSSR count). The van der Waals surface area contributed by atoms with Gasteiger partial charge < -0.3 is 9.50 Å². The molecule has 114 valence electrons. The minimum Gasteiger partial charge on any atom is -0.358 e. The summed E-state index contributed by atoms with van der Waals surface area (Å²) in [6, 6.07) is 14.5. The Morgan fingerprint density at radius 2 is 2.00 bits per heavy atom. The van der Waals surface area contributed by atoms with E-state index in [1.807, 2.05) is 0 Å². The van der Waals surface area contributed by atoms with Crippen molar-refractivity contribution in [1.29, 1.82) is 0 Å². The number of hydrogen-bond donors (Lipinski definition) is 1. The van der Waals surface area contributed by atoms with Crippen LogP contribution in [0.1, 0.15) is 10.4 Å². The third-order valence-electron chi connectivity index (χ3n) is 2.26. The third-order valence-corrected chi connectivity index (χ3v) is 2.65. The number of halogens is 1. The molecular formula is C13H9AuFNO4S. The molecule has 0 bridgehead atoms. The second kappa shape index (κ2) is 7.37. The van der Waals surface area contributed by atoms with Crippen LogP contribution >= 0.6 is 0 Å². The molecule has 0 unspecified atom stereocenters. The van der Waals surface area contributed by atoms with E-state index >= 15 is 0 Å². The van der Waals surface area contributed by atoms with Gasteiger partial charge in [-0.05, 0) is 12.1 Å². The van der Waals surface area contributed by atoms with Gasteiger partial charge in [0.05, 0.1) is 0 Å². The molecule has 2 aromatic carbocycles. The molecule has 0 atom stereocenters. The van der Waals surface area contributed by atoms with Crippen LogP contribution in [0.5, 0.6) is 5.75 Å². The molecular weight excluding hydrogens is 482 g/mol. The summed E-state index contributed by atoms with van der Waals surface area (Å²) in [6.45, 7) is 0. The molecule has 8 heteroatoms. The molecule has 1 N–H and O–H groups in total. The van der Waals surface area contributed by atoms with Crippen molar-refractivity contribution in [2.45, 2.75) is 0 Å². The molecule has 0 aromatic heterocycles.